The molecule has 1 heterocycles. The van der Waals surface area contributed by atoms with Gasteiger partial charge in [-0.2, -0.15) is 0 Å². The first kappa shape index (κ1) is 12.9. The minimum Gasteiger partial charge on any atom is -0.288 e. The average molecular weight is 298 g/mol. The standard InChI is InChI=1S/C16H14N2O2S/c1-16(5-6-16)18-21-10-7-9-3-2-4-11-13(9)12(8-10)15(20)17-14(11)19/h2-4,7-8,18H,5-6H2,1H3,(H,17,19,20). The molecule has 0 unspecified atom stereocenters. The van der Waals surface area contributed by atoms with E-state index in [-0.39, 0.29) is 17.4 Å². The van der Waals surface area contributed by atoms with Crippen LogP contribution >= 0.6 is 11.9 Å². The molecular weight excluding hydrogens is 284 g/mol. The molecule has 2 aromatic carbocycles. The summed E-state index contributed by atoms with van der Waals surface area (Å²) in [6.45, 7) is 2.19. The normalized spacial score (nSPS) is 18.7. The lowest BCUT2D eigenvalue weighted by molar-refractivity contribution is 0.0845. The van der Waals surface area contributed by atoms with Crippen molar-refractivity contribution in [3.8, 4) is 0 Å². The summed E-state index contributed by atoms with van der Waals surface area (Å²) < 4.78 is 3.44. The van der Waals surface area contributed by atoms with E-state index >= 15 is 0 Å². The Labute approximate surface area is 126 Å². The number of hydrogen-bond donors (Lipinski definition) is 2. The summed E-state index contributed by atoms with van der Waals surface area (Å²) in [5.74, 6) is -0.633. The maximum absolute atomic E-state index is 12.1. The summed E-state index contributed by atoms with van der Waals surface area (Å²) >= 11 is 1.55. The highest BCUT2D eigenvalue weighted by Gasteiger charge is 2.37. The topological polar surface area (TPSA) is 58.2 Å². The largest absolute Gasteiger partial charge is 0.288 e. The van der Waals surface area contributed by atoms with Crippen LogP contribution in [-0.2, 0) is 0 Å². The van der Waals surface area contributed by atoms with Gasteiger partial charge in [0.05, 0.1) is 0 Å². The van der Waals surface area contributed by atoms with Crippen LogP contribution in [0.5, 0.6) is 0 Å². The molecule has 4 rings (SSSR count). The zero-order valence-electron chi connectivity index (χ0n) is 11.5. The van der Waals surface area contributed by atoms with Crippen LogP contribution in [0.15, 0.2) is 35.2 Å². The Morgan fingerprint density at radius 2 is 1.90 bits per heavy atom. The minimum absolute atomic E-state index is 0.219. The van der Waals surface area contributed by atoms with Gasteiger partial charge in [0.15, 0.2) is 0 Å². The van der Waals surface area contributed by atoms with Crippen LogP contribution in [0, 0.1) is 0 Å². The molecule has 2 amide bonds. The highest BCUT2D eigenvalue weighted by atomic mass is 32.2. The second kappa shape index (κ2) is 4.32. The van der Waals surface area contributed by atoms with Crippen LogP contribution in [0.1, 0.15) is 40.5 Å². The van der Waals surface area contributed by atoms with Crippen LogP contribution in [0.2, 0.25) is 0 Å². The first-order valence-corrected chi connectivity index (χ1v) is 7.74. The molecule has 2 aliphatic rings. The molecule has 1 saturated carbocycles. The summed E-state index contributed by atoms with van der Waals surface area (Å²) in [4.78, 5) is 25.0. The van der Waals surface area contributed by atoms with Crippen molar-refractivity contribution < 1.29 is 9.59 Å². The molecule has 0 aromatic heterocycles. The summed E-state index contributed by atoms with van der Waals surface area (Å²) in [6.07, 6.45) is 2.36. The van der Waals surface area contributed by atoms with E-state index in [1.165, 1.54) is 12.8 Å². The van der Waals surface area contributed by atoms with Gasteiger partial charge >= 0.3 is 0 Å². The van der Waals surface area contributed by atoms with E-state index in [1.807, 2.05) is 24.3 Å². The second-order valence-corrected chi connectivity index (χ2v) is 6.80. The Hall–Kier alpha value is -1.85. The summed E-state index contributed by atoms with van der Waals surface area (Å²) in [6, 6.07) is 9.43. The van der Waals surface area contributed by atoms with Crippen molar-refractivity contribution in [1.82, 2.24) is 10.0 Å². The van der Waals surface area contributed by atoms with Gasteiger partial charge in [-0.3, -0.25) is 19.6 Å². The molecule has 1 aliphatic carbocycles. The Balaban J connectivity index is 1.82. The van der Waals surface area contributed by atoms with Crippen molar-refractivity contribution in [2.24, 2.45) is 0 Å². The third-order valence-electron chi connectivity index (χ3n) is 4.08. The molecule has 2 aromatic rings. The smallest absolute Gasteiger partial charge is 0.258 e. The monoisotopic (exact) mass is 298 g/mol. The molecular formula is C16H14N2O2S. The number of nitrogens with one attached hydrogen (secondary N) is 2. The molecule has 4 nitrogen and oxygen atoms in total. The first-order chi connectivity index (χ1) is 10.1. The number of benzene rings is 2. The predicted octanol–water partition coefficient (Wildman–Crippen LogP) is 2.87. The van der Waals surface area contributed by atoms with E-state index in [2.05, 4.69) is 17.0 Å². The van der Waals surface area contributed by atoms with Crippen LogP contribution in [-0.4, -0.2) is 17.4 Å². The van der Waals surface area contributed by atoms with E-state index in [9.17, 15) is 9.59 Å². The van der Waals surface area contributed by atoms with Gasteiger partial charge in [0.25, 0.3) is 11.8 Å². The molecule has 1 aliphatic heterocycles. The van der Waals surface area contributed by atoms with Gasteiger partial charge in [0.1, 0.15) is 0 Å². The van der Waals surface area contributed by atoms with Gasteiger partial charge < -0.3 is 0 Å². The molecule has 0 bridgehead atoms. The number of imide groups is 1. The number of amides is 2. The van der Waals surface area contributed by atoms with Crippen molar-refractivity contribution in [2.75, 3.05) is 0 Å². The minimum atomic E-state index is -0.317. The average Bonchev–Trinajstić information content (AvgIpc) is 3.20. The number of hydrogen-bond acceptors (Lipinski definition) is 4. The molecule has 2 N–H and O–H groups in total. The Bertz CT molecular complexity index is 796. The number of carbonyl (C=O) groups is 2. The van der Waals surface area contributed by atoms with Crippen molar-refractivity contribution in [2.45, 2.75) is 30.2 Å². The van der Waals surface area contributed by atoms with Gasteiger partial charge in [-0.25, -0.2) is 0 Å². The predicted molar refractivity (Wildman–Crippen MR) is 82.4 cm³/mol. The summed E-state index contributed by atoms with van der Waals surface area (Å²) in [7, 11) is 0. The summed E-state index contributed by atoms with van der Waals surface area (Å²) in [5, 5.41) is 4.09. The molecule has 0 atom stereocenters. The lowest BCUT2D eigenvalue weighted by Crippen LogP contribution is -2.34. The van der Waals surface area contributed by atoms with Crippen LogP contribution in [0.25, 0.3) is 10.8 Å². The first-order valence-electron chi connectivity index (χ1n) is 6.92. The van der Waals surface area contributed by atoms with Gasteiger partial charge in [-0.1, -0.05) is 12.1 Å². The van der Waals surface area contributed by atoms with Crippen molar-refractivity contribution in [3.05, 3.63) is 41.5 Å². The number of rotatable bonds is 3. The maximum atomic E-state index is 12.1. The summed E-state index contributed by atoms with van der Waals surface area (Å²) in [5.41, 5.74) is 1.37. The SMILES string of the molecule is CC1(NSc2cc3c4c(cccc4c2)C(=O)NC3=O)CC1. The second-order valence-electron chi connectivity index (χ2n) is 5.92. The van der Waals surface area contributed by atoms with E-state index in [0.717, 1.165) is 15.7 Å². The van der Waals surface area contributed by atoms with E-state index in [0.29, 0.717) is 11.1 Å². The zero-order valence-corrected chi connectivity index (χ0v) is 12.3. The lowest BCUT2D eigenvalue weighted by atomic mass is 9.95. The fraction of sp³-hybridized carbons (Fsp3) is 0.250. The lowest BCUT2D eigenvalue weighted by Gasteiger charge is -2.18. The van der Waals surface area contributed by atoms with E-state index in [1.54, 1.807) is 18.0 Å². The third-order valence-corrected chi connectivity index (χ3v) is 5.15. The zero-order chi connectivity index (χ0) is 14.6. The van der Waals surface area contributed by atoms with Gasteiger partial charge in [-0.15, -0.1) is 0 Å². The van der Waals surface area contributed by atoms with E-state index < -0.39 is 0 Å². The third kappa shape index (κ3) is 2.13. The molecule has 1 fully saturated rings. The Morgan fingerprint density at radius 3 is 2.67 bits per heavy atom. The molecule has 106 valence electrons. The highest BCUT2D eigenvalue weighted by Crippen LogP contribution is 2.38. The van der Waals surface area contributed by atoms with Gasteiger partial charge in [0.2, 0.25) is 0 Å². The molecule has 0 radical (unpaired) electrons. The fourth-order valence-electron chi connectivity index (χ4n) is 2.54. The Morgan fingerprint density at radius 1 is 1.14 bits per heavy atom. The van der Waals surface area contributed by atoms with Gasteiger partial charge in [0, 0.05) is 26.9 Å². The fourth-order valence-corrected chi connectivity index (χ4v) is 3.47. The molecule has 21 heavy (non-hydrogen) atoms. The number of carbonyl (C=O) groups excluding carboxylic acids is 2. The maximum Gasteiger partial charge on any atom is 0.258 e. The molecule has 0 spiro atoms. The van der Waals surface area contributed by atoms with Crippen molar-refractivity contribution in [3.63, 3.8) is 0 Å². The molecule has 5 heteroatoms. The van der Waals surface area contributed by atoms with Crippen LogP contribution in [0.4, 0.5) is 0 Å². The van der Waals surface area contributed by atoms with Crippen LogP contribution in [0.3, 0.4) is 0 Å². The molecule has 0 saturated heterocycles. The van der Waals surface area contributed by atoms with Gasteiger partial charge in [-0.05, 0) is 55.3 Å². The van der Waals surface area contributed by atoms with E-state index in [4.69, 9.17) is 0 Å². The van der Waals surface area contributed by atoms with Crippen molar-refractivity contribution >= 4 is 34.5 Å². The van der Waals surface area contributed by atoms with Crippen LogP contribution < -0.4 is 10.0 Å². The highest BCUT2D eigenvalue weighted by molar-refractivity contribution is 7.97. The Kier molecular flexibility index (Phi) is 2.65. The van der Waals surface area contributed by atoms with Crippen molar-refractivity contribution in [1.29, 1.82) is 0 Å². The quantitative estimate of drug-likeness (QED) is 0.676.